The number of nitrogens with zero attached hydrogens (tertiary/aromatic N) is 12. The van der Waals surface area contributed by atoms with Crippen molar-refractivity contribution in [1.82, 2.24) is 0 Å². The van der Waals surface area contributed by atoms with Crippen molar-refractivity contribution in [3.8, 4) is 0 Å². The number of hydrogen-bond acceptors (Lipinski definition) is 18. The summed E-state index contributed by atoms with van der Waals surface area (Å²) < 4.78 is 74.3. The lowest BCUT2D eigenvalue weighted by molar-refractivity contribution is -0.356. The zero-order valence-electron chi connectivity index (χ0n) is 49.9. The average molecular weight is 1260 g/mol. The maximum Gasteiger partial charge on any atom is 0.338 e. The molecule has 0 amide bonds. The van der Waals surface area contributed by atoms with Gasteiger partial charge < -0.3 is 52.1 Å². The summed E-state index contributed by atoms with van der Waals surface area (Å²) in [6.45, 7) is -0.567. The Balaban J connectivity index is 1.12. The largest absolute Gasteiger partial charge is 0.455 e. The highest BCUT2D eigenvalue weighted by atomic mass is 16.8. The Morgan fingerprint density at radius 2 is 0.774 bits per heavy atom. The molecule has 26 heteroatoms. The van der Waals surface area contributed by atoms with E-state index >= 15 is 0 Å². The molecule has 0 aromatic heterocycles. The SMILES string of the molecule is [N-]=[N+]=NC[C@H]1O[C@H](O[C@H]2[C@H](O[C@H]3O[C@H](COCc4ccccc4)[C@@H](OCc4ccccc4)[C@H](OCc4ccccc4)[C@@H]3OCc3ccccc3)[C@@H](OC(=O)c3ccccc3)[C@H](N=[N+]=[N-])C[C@@H]2N=[N+]=[N-])[C@H](N=[N+]=[N-])[C@@H](OC(=O)c2ccccc2)[C@@H]1OC(=O)c1ccccc1. The predicted octanol–water partition coefficient (Wildman–Crippen LogP) is 12.6. The van der Waals surface area contributed by atoms with Crippen molar-refractivity contribution < 1.29 is 66.5 Å². The molecule has 2 heterocycles. The lowest BCUT2D eigenvalue weighted by Crippen LogP contribution is -2.67. The van der Waals surface area contributed by atoms with Crippen molar-refractivity contribution in [3.63, 3.8) is 0 Å². The van der Waals surface area contributed by atoms with E-state index < -0.39 is 116 Å². The number of benzene rings is 7. The molecule has 26 nitrogen and oxygen atoms in total. The van der Waals surface area contributed by atoms with Gasteiger partial charge in [-0.1, -0.05) is 196 Å². The minimum Gasteiger partial charge on any atom is -0.455 e. The topological polar surface area (TPSA) is 348 Å². The molecule has 7 aromatic rings. The quantitative estimate of drug-likeness (QED) is 0.0145. The molecule has 3 aliphatic rings. The maximum atomic E-state index is 14.6. The molecular weight excluding hydrogens is 1200 g/mol. The lowest BCUT2D eigenvalue weighted by Gasteiger charge is -2.50. The highest BCUT2D eigenvalue weighted by Gasteiger charge is 2.57. The molecule has 10 rings (SSSR count). The van der Waals surface area contributed by atoms with E-state index in [1.54, 1.807) is 54.6 Å². The van der Waals surface area contributed by atoms with Crippen LogP contribution in [-0.4, -0.2) is 123 Å². The summed E-state index contributed by atoms with van der Waals surface area (Å²) in [6.07, 6.45) is -18.7. The Kier molecular flexibility index (Phi) is 23.9. The van der Waals surface area contributed by atoms with Crippen molar-refractivity contribution in [2.24, 2.45) is 20.5 Å². The third-order valence-corrected chi connectivity index (χ3v) is 15.6. The van der Waals surface area contributed by atoms with Gasteiger partial charge in [0.1, 0.15) is 48.8 Å². The minimum atomic E-state index is -1.94. The highest BCUT2D eigenvalue weighted by Crippen LogP contribution is 2.41. The van der Waals surface area contributed by atoms with Gasteiger partial charge in [0.05, 0.1) is 74.5 Å². The Bertz CT molecular complexity index is 3730. The van der Waals surface area contributed by atoms with Gasteiger partial charge in [-0.25, -0.2) is 14.4 Å². The molecule has 0 N–H and O–H groups in total. The molecule has 2 saturated heterocycles. The smallest absolute Gasteiger partial charge is 0.338 e. The van der Waals surface area contributed by atoms with Crippen LogP contribution >= 0.6 is 0 Å². The van der Waals surface area contributed by atoms with E-state index in [2.05, 4.69) is 40.1 Å². The van der Waals surface area contributed by atoms with Gasteiger partial charge in [-0.05, 0) is 87.2 Å². The second-order valence-electron chi connectivity index (χ2n) is 21.7. The van der Waals surface area contributed by atoms with Crippen molar-refractivity contribution in [2.75, 3.05) is 13.2 Å². The van der Waals surface area contributed by atoms with Crippen molar-refractivity contribution >= 4 is 17.9 Å². The van der Waals surface area contributed by atoms with E-state index in [1.807, 2.05) is 121 Å². The molecule has 7 aromatic carbocycles. The van der Waals surface area contributed by atoms with Crippen LogP contribution in [-0.2, 0) is 78.5 Å². The van der Waals surface area contributed by atoms with Crippen LogP contribution in [0.1, 0.15) is 59.7 Å². The predicted molar refractivity (Wildman–Crippen MR) is 333 cm³/mol. The standard InChI is InChI=1S/C67H64N12O14/c68-76-72-37-52-58(90-64(81)48-32-18-6-19-33-48)59(91-65(82)49-34-20-7-21-35-49)54(75-79-71)66(87-52)92-56-51(74-78-70)36-50(73-77-69)55(89-63(80)47-30-16-5-17-31-47)61(56)93-67-62(86-41-46-28-14-4-15-29-46)60(85-40-45-26-12-3-13-27-45)57(84-39-44-24-10-2-11-25-44)53(88-67)42-83-38-43-22-8-1-9-23-43/h1-35,50-62,66-67H,36-42H2/t50-,51+,52-,53-,54-,55+,56-,57-,58-,59-,60+,61-,62+,66-,67-/m1/s1. The molecule has 1 saturated carbocycles. The van der Waals surface area contributed by atoms with Crippen molar-refractivity contribution in [1.29, 1.82) is 0 Å². The van der Waals surface area contributed by atoms with Gasteiger partial charge in [0.25, 0.3) is 0 Å². The van der Waals surface area contributed by atoms with E-state index in [1.165, 1.54) is 36.4 Å². The maximum absolute atomic E-state index is 14.6. The van der Waals surface area contributed by atoms with Gasteiger partial charge in [0.2, 0.25) is 0 Å². The zero-order chi connectivity index (χ0) is 64.6. The fraction of sp³-hybridized carbons (Fsp3) is 0.328. The minimum absolute atomic E-state index is 0.0190. The molecule has 0 bridgehead atoms. The first-order valence-corrected chi connectivity index (χ1v) is 29.8. The van der Waals surface area contributed by atoms with Gasteiger partial charge in [-0.15, -0.1) is 0 Å². The van der Waals surface area contributed by atoms with Crippen LogP contribution < -0.4 is 0 Å². The monoisotopic (exact) mass is 1260 g/mol. The third kappa shape index (κ3) is 17.7. The summed E-state index contributed by atoms with van der Waals surface area (Å²) in [7, 11) is 0. The van der Waals surface area contributed by atoms with Crippen molar-refractivity contribution in [2.45, 2.75) is 125 Å². The van der Waals surface area contributed by atoms with Crippen LogP contribution in [0.2, 0.25) is 0 Å². The van der Waals surface area contributed by atoms with Crippen molar-refractivity contribution in [3.05, 3.63) is 293 Å². The molecule has 0 unspecified atom stereocenters. The number of rotatable bonds is 28. The summed E-state index contributed by atoms with van der Waals surface area (Å²) in [5.41, 5.74) is 44.4. The number of carbonyl (C=O) groups excluding carboxylic acids is 3. The average Bonchev–Trinajstić information content (AvgIpc) is 0.777. The Labute approximate surface area is 533 Å². The second-order valence-corrected chi connectivity index (χ2v) is 21.7. The van der Waals surface area contributed by atoms with Crippen LogP contribution in [0.25, 0.3) is 41.8 Å². The fourth-order valence-electron chi connectivity index (χ4n) is 11.2. The third-order valence-electron chi connectivity index (χ3n) is 15.6. The number of ether oxygens (including phenoxy) is 11. The first-order chi connectivity index (χ1) is 45.7. The van der Waals surface area contributed by atoms with Gasteiger partial charge in [0.15, 0.2) is 24.8 Å². The molecule has 0 spiro atoms. The molecule has 2 aliphatic heterocycles. The van der Waals surface area contributed by atoms with Crippen LogP contribution in [0.4, 0.5) is 0 Å². The van der Waals surface area contributed by atoms with Crippen LogP contribution in [0, 0.1) is 0 Å². The summed E-state index contributed by atoms with van der Waals surface area (Å²) in [6, 6.07) is 56.5. The van der Waals surface area contributed by atoms with Gasteiger partial charge in [-0.2, -0.15) is 0 Å². The van der Waals surface area contributed by atoms with Crippen LogP contribution in [0.3, 0.4) is 0 Å². The number of carbonyl (C=O) groups is 3. The zero-order valence-corrected chi connectivity index (χ0v) is 49.9. The van der Waals surface area contributed by atoms with E-state index in [0.717, 1.165) is 22.3 Å². The molecule has 1 aliphatic carbocycles. The fourth-order valence-corrected chi connectivity index (χ4v) is 11.2. The van der Waals surface area contributed by atoms with E-state index in [9.17, 15) is 36.5 Å². The molecule has 3 fully saturated rings. The number of azide groups is 4. The Morgan fingerprint density at radius 1 is 0.387 bits per heavy atom. The first-order valence-electron chi connectivity index (χ1n) is 29.8. The summed E-state index contributed by atoms with van der Waals surface area (Å²) in [5, 5.41) is 16.1. The first kappa shape index (κ1) is 65.8. The molecular formula is C67H64N12O14. The summed E-state index contributed by atoms with van der Waals surface area (Å²) in [4.78, 5) is 55.4. The Hall–Kier alpha value is -10.1. The Morgan fingerprint density at radius 3 is 1.24 bits per heavy atom. The van der Waals surface area contributed by atoms with Gasteiger partial charge in [-0.3, -0.25) is 0 Å². The van der Waals surface area contributed by atoms with Gasteiger partial charge >= 0.3 is 17.9 Å². The number of esters is 3. The summed E-state index contributed by atoms with van der Waals surface area (Å²) >= 11 is 0. The second kappa shape index (κ2) is 33.8. The molecule has 93 heavy (non-hydrogen) atoms. The van der Waals surface area contributed by atoms with Gasteiger partial charge in [0, 0.05) is 19.6 Å². The molecule has 476 valence electrons. The molecule has 15 atom stereocenters. The van der Waals surface area contributed by atoms with Crippen LogP contribution in [0.5, 0.6) is 0 Å². The van der Waals surface area contributed by atoms with E-state index in [0.29, 0.717) is 0 Å². The van der Waals surface area contributed by atoms with Crippen LogP contribution in [0.15, 0.2) is 233 Å². The molecule has 0 radical (unpaired) electrons. The number of hydrogen-bond donors (Lipinski definition) is 0. The lowest BCUT2D eigenvalue weighted by atomic mass is 9.83. The normalized spacial score (nSPS) is 25.6. The van der Waals surface area contributed by atoms with E-state index in [-0.39, 0.29) is 56.1 Å². The van der Waals surface area contributed by atoms with E-state index in [4.69, 9.17) is 52.1 Å². The summed E-state index contributed by atoms with van der Waals surface area (Å²) in [5.74, 6) is -2.80. The highest BCUT2D eigenvalue weighted by molar-refractivity contribution is 5.91.